The quantitative estimate of drug-likeness (QED) is 0.910. The van der Waals surface area contributed by atoms with Crippen molar-refractivity contribution in [1.29, 1.82) is 0 Å². The molecule has 1 saturated heterocycles. The molecular formula is C13H16BrN3O2. The third kappa shape index (κ3) is 3.06. The summed E-state index contributed by atoms with van der Waals surface area (Å²) in [4.78, 5) is 18.5. The topological polar surface area (TPSA) is 54.5 Å². The number of rotatable bonds is 3. The Bertz CT molecular complexity index is 479. The Labute approximate surface area is 120 Å². The van der Waals surface area contributed by atoms with Crippen molar-refractivity contribution in [2.45, 2.75) is 25.0 Å². The molecule has 0 spiro atoms. The number of pyridine rings is 1. The third-order valence-corrected chi connectivity index (χ3v) is 3.94. The van der Waals surface area contributed by atoms with Gasteiger partial charge in [0.2, 0.25) is 0 Å². The molecule has 2 aliphatic rings. The average molecular weight is 326 g/mol. The molecule has 1 unspecified atom stereocenters. The fourth-order valence-corrected chi connectivity index (χ4v) is 2.64. The number of halogens is 1. The first kappa shape index (κ1) is 12.9. The van der Waals surface area contributed by atoms with Gasteiger partial charge in [0.05, 0.1) is 17.6 Å². The molecule has 1 aromatic rings. The maximum Gasteiger partial charge on any atom is 0.251 e. The molecule has 0 bridgehead atoms. The first-order valence-electron chi connectivity index (χ1n) is 6.51. The molecule has 1 aliphatic heterocycles. The molecule has 1 atom stereocenters. The number of ether oxygens (including phenoxy) is 1. The molecule has 1 amide bonds. The van der Waals surface area contributed by atoms with Crippen molar-refractivity contribution in [3.05, 3.63) is 22.8 Å². The Hall–Kier alpha value is -1.14. The van der Waals surface area contributed by atoms with Crippen LogP contribution in [0.25, 0.3) is 0 Å². The minimum Gasteiger partial charge on any atom is -0.365 e. The van der Waals surface area contributed by atoms with E-state index in [2.05, 4.69) is 31.1 Å². The molecule has 3 rings (SSSR count). The van der Waals surface area contributed by atoms with Gasteiger partial charge < -0.3 is 15.0 Å². The van der Waals surface area contributed by atoms with E-state index < -0.39 is 6.10 Å². The van der Waals surface area contributed by atoms with E-state index in [-0.39, 0.29) is 5.91 Å². The molecule has 19 heavy (non-hydrogen) atoms. The van der Waals surface area contributed by atoms with Gasteiger partial charge in [-0.25, -0.2) is 4.98 Å². The van der Waals surface area contributed by atoms with Crippen LogP contribution in [0.4, 0.5) is 5.82 Å². The summed E-state index contributed by atoms with van der Waals surface area (Å²) in [7, 11) is 0. The Morgan fingerprint density at radius 3 is 3.11 bits per heavy atom. The highest BCUT2D eigenvalue weighted by Gasteiger charge is 2.31. The van der Waals surface area contributed by atoms with Crippen LogP contribution in [-0.2, 0) is 9.53 Å². The number of carbonyl (C=O) groups excluding carboxylic acids is 1. The molecule has 102 valence electrons. The lowest BCUT2D eigenvalue weighted by Crippen LogP contribution is -2.50. The number of morpholine rings is 1. The SMILES string of the molecule is O=C(NC1CC1)C1CN(c2ncccc2Br)CCO1. The second-order valence-electron chi connectivity index (χ2n) is 4.90. The van der Waals surface area contributed by atoms with Gasteiger partial charge in [0, 0.05) is 18.8 Å². The van der Waals surface area contributed by atoms with Crippen LogP contribution in [0, 0.1) is 0 Å². The smallest absolute Gasteiger partial charge is 0.251 e. The van der Waals surface area contributed by atoms with Crippen LogP contribution in [0.1, 0.15) is 12.8 Å². The lowest BCUT2D eigenvalue weighted by molar-refractivity contribution is -0.133. The second-order valence-corrected chi connectivity index (χ2v) is 5.75. The van der Waals surface area contributed by atoms with Crippen LogP contribution >= 0.6 is 15.9 Å². The zero-order chi connectivity index (χ0) is 13.2. The van der Waals surface area contributed by atoms with Crippen LogP contribution in [0.3, 0.4) is 0 Å². The van der Waals surface area contributed by atoms with Crippen molar-refractivity contribution in [2.75, 3.05) is 24.6 Å². The highest BCUT2D eigenvalue weighted by Crippen LogP contribution is 2.25. The molecule has 1 N–H and O–H groups in total. The van der Waals surface area contributed by atoms with Crippen LogP contribution in [0.2, 0.25) is 0 Å². The lowest BCUT2D eigenvalue weighted by atomic mass is 10.2. The highest BCUT2D eigenvalue weighted by molar-refractivity contribution is 9.10. The maximum absolute atomic E-state index is 12.0. The minimum atomic E-state index is -0.400. The van der Waals surface area contributed by atoms with Crippen molar-refractivity contribution in [3.63, 3.8) is 0 Å². The van der Waals surface area contributed by atoms with Crippen molar-refractivity contribution in [1.82, 2.24) is 10.3 Å². The van der Waals surface area contributed by atoms with E-state index in [1.165, 1.54) is 0 Å². The van der Waals surface area contributed by atoms with Gasteiger partial charge in [0.25, 0.3) is 5.91 Å². The zero-order valence-corrected chi connectivity index (χ0v) is 12.1. The summed E-state index contributed by atoms with van der Waals surface area (Å²) in [6.45, 7) is 1.85. The lowest BCUT2D eigenvalue weighted by Gasteiger charge is -2.33. The molecular weight excluding hydrogens is 310 g/mol. The summed E-state index contributed by atoms with van der Waals surface area (Å²) in [5, 5.41) is 2.99. The number of amides is 1. The minimum absolute atomic E-state index is 0.000691. The third-order valence-electron chi connectivity index (χ3n) is 3.32. The van der Waals surface area contributed by atoms with Gasteiger partial charge in [-0.3, -0.25) is 4.79 Å². The van der Waals surface area contributed by atoms with E-state index in [4.69, 9.17) is 4.74 Å². The average Bonchev–Trinajstić information content (AvgIpc) is 3.23. The van der Waals surface area contributed by atoms with Crippen molar-refractivity contribution >= 4 is 27.7 Å². The number of nitrogens with one attached hydrogen (secondary N) is 1. The van der Waals surface area contributed by atoms with Crippen LogP contribution in [0.5, 0.6) is 0 Å². The van der Waals surface area contributed by atoms with E-state index in [9.17, 15) is 4.79 Å². The monoisotopic (exact) mass is 325 g/mol. The molecule has 2 fully saturated rings. The summed E-state index contributed by atoms with van der Waals surface area (Å²) >= 11 is 3.49. The predicted octanol–water partition coefficient (Wildman–Crippen LogP) is 1.33. The molecule has 5 nitrogen and oxygen atoms in total. The Morgan fingerprint density at radius 1 is 1.53 bits per heavy atom. The van der Waals surface area contributed by atoms with Crippen LogP contribution in [0.15, 0.2) is 22.8 Å². The Balaban J connectivity index is 1.67. The highest BCUT2D eigenvalue weighted by atomic mass is 79.9. The van der Waals surface area contributed by atoms with Gasteiger partial charge in [-0.15, -0.1) is 0 Å². The van der Waals surface area contributed by atoms with E-state index in [1.807, 2.05) is 12.1 Å². The van der Waals surface area contributed by atoms with E-state index in [0.717, 1.165) is 29.7 Å². The number of anilines is 1. The number of hydrogen-bond donors (Lipinski definition) is 1. The van der Waals surface area contributed by atoms with Crippen molar-refractivity contribution in [2.24, 2.45) is 0 Å². The molecule has 1 saturated carbocycles. The maximum atomic E-state index is 12.0. The molecule has 0 radical (unpaired) electrons. The van der Waals surface area contributed by atoms with Crippen molar-refractivity contribution < 1.29 is 9.53 Å². The summed E-state index contributed by atoms with van der Waals surface area (Å²) in [6.07, 6.45) is 3.54. The fraction of sp³-hybridized carbons (Fsp3) is 0.538. The normalized spacial score (nSPS) is 23.2. The molecule has 1 aliphatic carbocycles. The summed E-state index contributed by atoms with van der Waals surface area (Å²) in [6, 6.07) is 4.20. The first-order chi connectivity index (χ1) is 9.24. The number of nitrogens with zero attached hydrogens (tertiary/aromatic N) is 2. The first-order valence-corrected chi connectivity index (χ1v) is 7.31. The number of aromatic nitrogens is 1. The predicted molar refractivity (Wildman–Crippen MR) is 75.1 cm³/mol. The second kappa shape index (κ2) is 5.46. The summed E-state index contributed by atoms with van der Waals surface area (Å²) in [5.41, 5.74) is 0. The largest absolute Gasteiger partial charge is 0.365 e. The Kier molecular flexibility index (Phi) is 3.70. The molecule has 6 heteroatoms. The molecule has 2 heterocycles. The number of hydrogen-bond acceptors (Lipinski definition) is 4. The van der Waals surface area contributed by atoms with E-state index in [1.54, 1.807) is 6.20 Å². The fourth-order valence-electron chi connectivity index (χ4n) is 2.13. The van der Waals surface area contributed by atoms with Gasteiger partial charge in [-0.05, 0) is 40.9 Å². The van der Waals surface area contributed by atoms with Gasteiger partial charge in [0.15, 0.2) is 6.10 Å². The van der Waals surface area contributed by atoms with E-state index in [0.29, 0.717) is 19.2 Å². The zero-order valence-electron chi connectivity index (χ0n) is 10.5. The van der Waals surface area contributed by atoms with Gasteiger partial charge >= 0.3 is 0 Å². The van der Waals surface area contributed by atoms with Gasteiger partial charge in [-0.1, -0.05) is 0 Å². The summed E-state index contributed by atoms with van der Waals surface area (Å²) < 4.78 is 6.51. The Morgan fingerprint density at radius 2 is 2.37 bits per heavy atom. The van der Waals surface area contributed by atoms with Crippen LogP contribution in [-0.4, -0.2) is 42.7 Å². The van der Waals surface area contributed by atoms with E-state index >= 15 is 0 Å². The molecule has 1 aromatic heterocycles. The van der Waals surface area contributed by atoms with Crippen molar-refractivity contribution in [3.8, 4) is 0 Å². The van der Waals surface area contributed by atoms with Crippen LogP contribution < -0.4 is 10.2 Å². The standard InChI is InChI=1S/C13H16BrN3O2/c14-10-2-1-5-15-12(10)17-6-7-19-11(8-17)13(18)16-9-3-4-9/h1-2,5,9,11H,3-4,6-8H2,(H,16,18). The van der Waals surface area contributed by atoms with Gasteiger partial charge in [-0.2, -0.15) is 0 Å². The summed E-state index contributed by atoms with van der Waals surface area (Å²) in [5.74, 6) is 0.870. The molecule has 0 aromatic carbocycles. The van der Waals surface area contributed by atoms with Gasteiger partial charge in [0.1, 0.15) is 5.82 Å². The number of carbonyl (C=O) groups is 1.